The molecule has 4 rings (SSSR count). The van der Waals surface area contributed by atoms with Crippen molar-refractivity contribution < 1.29 is 29.5 Å². The van der Waals surface area contributed by atoms with Crippen molar-refractivity contribution in [2.45, 2.75) is 42.2 Å². The fourth-order valence-electron chi connectivity index (χ4n) is 4.49. The maximum absolute atomic E-state index is 13.2. The number of fused-ring (bicyclic) bond motifs is 1. The Morgan fingerprint density at radius 2 is 1.88 bits per heavy atom. The highest BCUT2D eigenvalue weighted by Gasteiger charge is 2.69. The lowest BCUT2D eigenvalue weighted by atomic mass is 9.89. The number of nitro benzene ring substituents is 1. The molecule has 3 N–H and O–H groups in total. The van der Waals surface area contributed by atoms with Crippen LogP contribution in [0.1, 0.15) is 30.9 Å². The number of carbonyl (C=O) groups excluding carboxylic acids is 2. The lowest BCUT2D eigenvalue weighted by molar-refractivity contribution is -0.384. The minimum atomic E-state index is -1.25. The minimum Gasteiger partial charge on any atom is -0.477 e. The van der Waals surface area contributed by atoms with Crippen molar-refractivity contribution in [2.75, 3.05) is 12.3 Å². The number of rotatable bonds is 14. The Kier molecular flexibility index (Phi) is 9.82. The van der Waals surface area contributed by atoms with Gasteiger partial charge >= 0.3 is 5.97 Å². The maximum Gasteiger partial charge on any atom is 0.354 e. The number of non-ortho nitro benzene ring substituents is 1. The SMILES string of the molecule is CC[C@H](O)[C@@H]1C(=O)N2C(C(=O)O)=C(SCCC(=O)NCCc3ccccc3)S[C@]12SCc1ccc([N+](=O)[O-])cc1. The quantitative estimate of drug-likeness (QED) is 0.163. The first-order chi connectivity index (χ1) is 19.2. The summed E-state index contributed by atoms with van der Waals surface area (Å²) < 4.78 is -0.651. The molecule has 0 aromatic heterocycles. The van der Waals surface area contributed by atoms with E-state index in [4.69, 9.17) is 0 Å². The number of aliphatic hydroxyl groups is 1. The lowest BCUT2D eigenvalue weighted by Crippen LogP contribution is -2.68. The Hall–Kier alpha value is -3.00. The summed E-state index contributed by atoms with van der Waals surface area (Å²) in [7, 11) is 0. The van der Waals surface area contributed by atoms with Gasteiger partial charge in [-0.25, -0.2) is 4.79 Å². The molecule has 13 heteroatoms. The molecule has 3 atom stereocenters. The Morgan fingerprint density at radius 3 is 2.50 bits per heavy atom. The number of nitrogens with one attached hydrogen (secondary N) is 1. The van der Waals surface area contributed by atoms with Crippen LogP contribution in [0.2, 0.25) is 0 Å². The van der Waals surface area contributed by atoms with Gasteiger partial charge in [-0.2, -0.15) is 0 Å². The van der Waals surface area contributed by atoms with Gasteiger partial charge in [0.25, 0.3) is 5.69 Å². The molecular weight excluding hydrogens is 575 g/mol. The van der Waals surface area contributed by atoms with Gasteiger partial charge in [0.15, 0.2) is 9.90 Å². The maximum atomic E-state index is 13.2. The first-order valence-corrected chi connectivity index (χ1v) is 15.5. The summed E-state index contributed by atoms with van der Waals surface area (Å²) in [6.07, 6.45) is 0.235. The number of amides is 2. The van der Waals surface area contributed by atoms with Crippen LogP contribution < -0.4 is 5.32 Å². The van der Waals surface area contributed by atoms with Crippen LogP contribution in [0.15, 0.2) is 64.5 Å². The van der Waals surface area contributed by atoms with Gasteiger partial charge < -0.3 is 15.5 Å². The van der Waals surface area contributed by atoms with E-state index in [1.165, 1.54) is 52.3 Å². The molecule has 2 amide bonds. The summed E-state index contributed by atoms with van der Waals surface area (Å²) in [5, 5.41) is 34.6. The fraction of sp³-hybridized carbons (Fsp3) is 0.370. The van der Waals surface area contributed by atoms with Gasteiger partial charge in [0.1, 0.15) is 5.92 Å². The summed E-state index contributed by atoms with van der Waals surface area (Å²) in [6, 6.07) is 15.8. The normalized spacial score (nSPS) is 20.6. The largest absolute Gasteiger partial charge is 0.477 e. The number of aliphatic carboxylic acids is 1. The Labute approximate surface area is 244 Å². The van der Waals surface area contributed by atoms with Crippen LogP contribution in [0.4, 0.5) is 5.69 Å². The second-order valence-electron chi connectivity index (χ2n) is 9.20. The van der Waals surface area contributed by atoms with Gasteiger partial charge in [-0.15, -0.1) is 23.5 Å². The van der Waals surface area contributed by atoms with Crippen molar-refractivity contribution in [1.82, 2.24) is 10.2 Å². The topological polar surface area (TPSA) is 150 Å². The van der Waals surface area contributed by atoms with Crippen molar-refractivity contribution in [3.63, 3.8) is 0 Å². The number of aliphatic hydroxyl groups excluding tert-OH is 1. The zero-order chi connectivity index (χ0) is 28.9. The van der Waals surface area contributed by atoms with E-state index >= 15 is 0 Å². The lowest BCUT2D eigenvalue weighted by Gasteiger charge is -2.53. The number of carboxylic acid groups (broad SMARTS) is 1. The van der Waals surface area contributed by atoms with E-state index in [9.17, 15) is 34.7 Å². The highest BCUT2D eigenvalue weighted by atomic mass is 32.2. The monoisotopic (exact) mass is 603 g/mol. The molecule has 2 aromatic carbocycles. The molecule has 10 nitrogen and oxygen atoms in total. The number of thioether (sulfide) groups is 3. The Morgan fingerprint density at radius 1 is 1.18 bits per heavy atom. The fourth-order valence-corrected chi connectivity index (χ4v) is 9.48. The average molecular weight is 604 g/mol. The third-order valence-electron chi connectivity index (χ3n) is 6.59. The molecule has 1 fully saturated rings. The summed E-state index contributed by atoms with van der Waals surface area (Å²) in [6.45, 7) is 2.25. The molecule has 2 aliphatic rings. The third kappa shape index (κ3) is 6.32. The van der Waals surface area contributed by atoms with Gasteiger partial charge in [0, 0.05) is 36.6 Å². The van der Waals surface area contributed by atoms with Crippen molar-refractivity contribution in [2.24, 2.45) is 5.92 Å². The van der Waals surface area contributed by atoms with Crippen molar-refractivity contribution in [1.29, 1.82) is 0 Å². The van der Waals surface area contributed by atoms with Gasteiger partial charge in [-0.05, 0) is 24.0 Å². The molecular formula is C27H29N3O7S3. The van der Waals surface area contributed by atoms with E-state index < -0.39 is 33.0 Å². The van der Waals surface area contributed by atoms with Gasteiger partial charge in [0.05, 0.1) is 15.3 Å². The van der Waals surface area contributed by atoms with Crippen molar-refractivity contribution in [3.05, 3.63) is 85.8 Å². The summed E-state index contributed by atoms with van der Waals surface area (Å²) in [5.74, 6) is -2.01. The van der Waals surface area contributed by atoms with Gasteiger partial charge in [-0.1, -0.05) is 61.2 Å². The zero-order valence-electron chi connectivity index (χ0n) is 21.6. The third-order valence-corrected chi connectivity index (χ3v) is 11.1. The van der Waals surface area contributed by atoms with Crippen LogP contribution in [0.5, 0.6) is 0 Å². The van der Waals surface area contributed by atoms with E-state index in [0.29, 0.717) is 35.1 Å². The first-order valence-electron chi connectivity index (χ1n) is 12.7. The zero-order valence-corrected chi connectivity index (χ0v) is 24.1. The molecule has 2 aliphatic heterocycles. The minimum absolute atomic E-state index is 0.0421. The molecule has 2 heterocycles. The number of nitro groups is 1. The highest BCUT2D eigenvalue weighted by molar-refractivity contribution is 8.29. The van der Waals surface area contributed by atoms with Gasteiger partial charge in [-0.3, -0.25) is 24.6 Å². The van der Waals surface area contributed by atoms with E-state index in [1.54, 1.807) is 19.1 Å². The number of carbonyl (C=O) groups is 3. The molecule has 0 aliphatic carbocycles. The molecule has 212 valence electrons. The summed E-state index contributed by atoms with van der Waals surface area (Å²) in [4.78, 5) is 49.6. The van der Waals surface area contributed by atoms with Crippen LogP contribution >= 0.6 is 35.3 Å². The van der Waals surface area contributed by atoms with Crippen LogP contribution in [0, 0.1) is 16.0 Å². The molecule has 2 aromatic rings. The molecule has 0 bridgehead atoms. The number of carboxylic acids is 1. The second-order valence-corrected chi connectivity index (χ2v) is 13.3. The molecule has 0 spiro atoms. The Bertz CT molecular complexity index is 1310. The van der Waals surface area contributed by atoms with Crippen LogP contribution in [0.25, 0.3) is 0 Å². The predicted octanol–water partition coefficient (Wildman–Crippen LogP) is 4.19. The standard InChI is InChI=1S/C27H29N3O7S3/c1-2-20(31)22-24(33)29-23(25(34)35)26(38-15-13-21(32)28-14-12-17-6-4-3-5-7-17)40-27(22,29)39-16-18-8-10-19(11-9-18)30(36)37/h3-11,20,22,31H,2,12-16H2,1H3,(H,28,32)(H,34,35)/t20-,22+,27+/m0/s1. The first kappa shape index (κ1) is 30.0. The summed E-state index contributed by atoms with van der Waals surface area (Å²) >= 11 is 3.75. The Balaban J connectivity index is 1.42. The van der Waals surface area contributed by atoms with E-state index in [2.05, 4.69) is 5.32 Å². The van der Waals surface area contributed by atoms with Crippen molar-refractivity contribution in [3.8, 4) is 0 Å². The molecule has 0 radical (unpaired) electrons. The number of hydrogen-bond acceptors (Lipinski definition) is 9. The van der Waals surface area contributed by atoms with Crippen LogP contribution in [-0.2, 0) is 26.6 Å². The smallest absolute Gasteiger partial charge is 0.354 e. The molecule has 0 saturated carbocycles. The number of nitrogens with zero attached hydrogens (tertiary/aromatic N) is 2. The van der Waals surface area contributed by atoms with E-state index in [0.717, 1.165) is 11.1 Å². The van der Waals surface area contributed by atoms with E-state index in [-0.39, 0.29) is 23.7 Å². The highest BCUT2D eigenvalue weighted by Crippen LogP contribution is 2.66. The molecule has 40 heavy (non-hydrogen) atoms. The second kappa shape index (κ2) is 13.1. The van der Waals surface area contributed by atoms with Crippen molar-refractivity contribution >= 4 is 58.8 Å². The number of benzene rings is 2. The predicted molar refractivity (Wildman–Crippen MR) is 156 cm³/mol. The summed E-state index contributed by atoms with van der Waals surface area (Å²) in [5.41, 5.74) is 1.70. The number of β-lactam (4-membered cyclic amide) rings is 1. The molecule has 1 saturated heterocycles. The van der Waals surface area contributed by atoms with E-state index in [1.807, 2.05) is 30.3 Å². The average Bonchev–Trinajstić information content (AvgIpc) is 3.22. The van der Waals surface area contributed by atoms with Crippen LogP contribution in [-0.4, -0.2) is 60.4 Å². The number of hydrogen-bond donors (Lipinski definition) is 3. The molecule has 0 unspecified atom stereocenters. The van der Waals surface area contributed by atoms with Gasteiger partial charge in [0.2, 0.25) is 11.8 Å². The van der Waals surface area contributed by atoms with Crippen LogP contribution in [0.3, 0.4) is 0 Å².